The molecule has 0 radical (unpaired) electrons. The number of rotatable bonds is 2. The first-order valence-corrected chi connectivity index (χ1v) is 7.40. The maximum absolute atomic E-state index is 13.3. The Kier molecular flexibility index (Phi) is 2.85. The van der Waals surface area contributed by atoms with Crippen LogP contribution in [0, 0.1) is 19.7 Å². The van der Waals surface area contributed by atoms with Gasteiger partial charge in [-0.3, -0.25) is 0 Å². The molecule has 22 heavy (non-hydrogen) atoms. The molecule has 0 unspecified atom stereocenters. The van der Waals surface area contributed by atoms with Gasteiger partial charge < -0.3 is 5.32 Å². The second kappa shape index (κ2) is 4.76. The van der Waals surface area contributed by atoms with Crippen molar-refractivity contribution < 1.29 is 4.39 Å². The summed E-state index contributed by atoms with van der Waals surface area (Å²) in [5.74, 6) is 1.97. The van der Waals surface area contributed by atoms with Crippen LogP contribution in [0.3, 0.4) is 0 Å². The highest BCUT2D eigenvalue weighted by molar-refractivity contribution is 5.66. The Bertz CT molecular complexity index is 884. The third-order valence-electron chi connectivity index (χ3n) is 4.06. The van der Waals surface area contributed by atoms with Gasteiger partial charge >= 0.3 is 0 Å². The number of hydrogen-bond donors (Lipinski definition) is 1. The lowest BCUT2D eigenvalue weighted by Crippen LogP contribution is -2.07. The summed E-state index contributed by atoms with van der Waals surface area (Å²) in [6.07, 6.45) is 3.03. The lowest BCUT2D eigenvalue weighted by Gasteiger charge is -2.14. The molecule has 4 rings (SSSR count). The molecule has 0 fully saturated rings. The summed E-state index contributed by atoms with van der Waals surface area (Å²) in [5.41, 5.74) is 3.99. The zero-order chi connectivity index (χ0) is 15.3. The van der Waals surface area contributed by atoms with E-state index < -0.39 is 0 Å². The number of anilines is 2. The van der Waals surface area contributed by atoms with E-state index in [1.54, 1.807) is 10.6 Å². The van der Waals surface area contributed by atoms with Crippen LogP contribution in [-0.2, 0) is 12.8 Å². The van der Waals surface area contributed by atoms with Gasteiger partial charge in [0.1, 0.15) is 17.5 Å². The van der Waals surface area contributed by atoms with Crippen LogP contribution in [0.4, 0.5) is 15.9 Å². The van der Waals surface area contributed by atoms with E-state index in [1.165, 1.54) is 17.7 Å². The number of fused-ring (bicyclic) bond motifs is 2. The highest BCUT2D eigenvalue weighted by Gasteiger charge is 2.22. The average Bonchev–Trinajstić information content (AvgIpc) is 3.06. The fourth-order valence-electron chi connectivity index (χ4n) is 3.00. The van der Waals surface area contributed by atoms with Gasteiger partial charge in [0.25, 0.3) is 5.78 Å². The van der Waals surface area contributed by atoms with Crippen LogP contribution in [0.25, 0.3) is 5.78 Å². The van der Waals surface area contributed by atoms with Gasteiger partial charge in [0.15, 0.2) is 0 Å². The van der Waals surface area contributed by atoms with Crippen molar-refractivity contribution in [3.63, 3.8) is 0 Å². The molecule has 0 amide bonds. The van der Waals surface area contributed by atoms with E-state index in [9.17, 15) is 4.39 Å². The maximum Gasteiger partial charge on any atom is 0.254 e. The van der Waals surface area contributed by atoms with E-state index in [1.807, 2.05) is 13.8 Å². The van der Waals surface area contributed by atoms with Gasteiger partial charge in [-0.05, 0) is 56.9 Å². The summed E-state index contributed by atoms with van der Waals surface area (Å²) in [5, 5.41) is 7.85. The monoisotopic (exact) mass is 297 g/mol. The van der Waals surface area contributed by atoms with Crippen molar-refractivity contribution in [2.45, 2.75) is 33.1 Å². The standard InChI is InChI=1S/C16H16FN5/c1-9-8-11(17)6-7-13(9)19-15-12-4-3-5-14(12)20-16-18-10(2)21-22(15)16/h6-8,19H,3-5H2,1-2H3. The first-order chi connectivity index (χ1) is 10.6. The molecular weight excluding hydrogens is 281 g/mol. The second-order valence-electron chi connectivity index (χ2n) is 5.69. The quantitative estimate of drug-likeness (QED) is 0.789. The number of halogens is 1. The third-order valence-corrected chi connectivity index (χ3v) is 4.06. The van der Waals surface area contributed by atoms with Gasteiger partial charge in [-0.2, -0.15) is 9.50 Å². The molecule has 0 atom stereocenters. The number of hydrogen-bond acceptors (Lipinski definition) is 4. The molecule has 0 saturated carbocycles. The summed E-state index contributed by atoms with van der Waals surface area (Å²) in [6.45, 7) is 3.74. The number of nitrogens with zero attached hydrogens (tertiary/aromatic N) is 4. The van der Waals surface area contributed by atoms with Crippen molar-refractivity contribution in [2.75, 3.05) is 5.32 Å². The molecular formula is C16H16FN5. The van der Waals surface area contributed by atoms with Crippen LogP contribution in [0.5, 0.6) is 0 Å². The first kappa shape index (κ1) is 13.2. The van der Waals surface area contributed by atoms with Crippen LogP contribution < -0.4 is 5.32 Å². The molecule has 1 aliphatic carbocycles. The molecule has 112 valence electrons. The summed E-state index contributed by atoms with van der Waals surface area (Å²) < 4.78 is 15.0. The van der Waals surface area contributed by atoms with Crippen molar-refractivity contribution in [3.05, 3.63) is 46.7 Å². The lowest BCUT2D eigenvalue weighted by atomic mass is 10.2. The van der Waals surface area contributed by atoms with E-state index >= 15 is 0 Å². The van der Waals surface area contributed by atoms with E-state index in [2.05, 4.69) is 20.4 Å². The van der Waals surface area contributed by atoms with Crippen molar-refractivity contribution >= 4 is 17.3 Å². The number of aromatic nitrogens is 4. The molecule has 3 aromatic rings. The fourth-order valence-corrected chi connectivity index (χ4v) is 3.00. The minimum absolute atomic E-state index is 0.232. The minimum Gasteiger partial charge on any atom is -0.340 e. The van der Waals surface area contributed by atoms with Crippen LogP contribution in [0.15, 0.2) is 18.2 Å². The molecule has 1 aromatic carbocycles. The lowest BCUT2D eigenvalue weighted by molar-refractivity contribution is 0.627. The Morgan fingerprint density at radius 3 is 2.86 bits per heavy atom. The zero-order valence-corrected chi connectivity index (χ0v) is 12.5. The highest BCUT2D eigenvalue weighted by atomic mass is 19.1. The first-order valence-electron chi connectivity index (χ1n) is 7.40. The molecule has 2 aromatic heterocycles. The van der Waals surface area contributed by atoms with Crippen LogP contribution in [0.2, 0.25) is 0 Å². The largest absolute Gasteiger partial charge is 0.340 e. The Morgan fingerprint density at radius 1 is 1.18 bits per heavy atom. The molecule has 0 bridgehead atoms. The Morgan fingerprint density at radius 2 is 2.05 bits per heavy atom. The molecule has 1 N–H and O–H groups in total. The van der Waals surface area contributed by atoms with Crippen molar-refractivity contribution in [1.29, 1.82) is 0 Å². The van der Waals surface area contributed by atoms with E-state index in [4.69, 9.17) is 0 Å². The molecule has 0 spiro atoms. The normalized spacial score (nSPS) is 13.6. The van der Waals surface area contributed by atoms with E-state index in [0.717, 1.165) is 42.0 Å². The van der Waals surface area contributed by atoms with Crippen LogP contribution >= 0.6 is 0 Å². The topological polar surface area (TPSA) is 55.1 Å². The van der Waals surface area contributed by atoms with Gasteiger partial charge in [-0.25, -0.2) is 9.37 Å². The Labute approximate surface area is 127 Å². The number of benzene rings is 1. The van der Waals surface area contributed by atoms with E-state index in [0.29, 0.717) is 11.6 Å². The molecule has 1 aliphatic rings. The summed E-state index contributed by atoms with van der Waals surface area (Å²) in [6, 6.07) is 4.73. The van der Waals surface area contributed by atoms with Crippen molar-refractivity contribution in [1.82, 2.24) is 19.6 Å². The second-order valence-corrected chi connectivity index (χ2v) is 5.69. The highest BCUT2D eigenvalue weighted by Crippen LogP contribution is 2.31. The van der Waals surface area contributed by atoms with Crippen molar-refractivity contribution in [2.24, 2.45) is 0 Å². The zero-order valence-electron chi connectivity index (χ0n) is 12.5. The van der Waals surface area contributed by atoms with Gasteiger partial charge in [-0.15, -0.1) is 5.10 Å². The summed E-state index contributed by atoms with van der Waals surface area (Å²) >= 11 is 0. The molecule has 5 nitrogen and oxygen atoms in total. The van der Waals surface area contributed by atoms with Gasteiger partial charge in [0, 0.05) is 11.3 Å². The Hall–Kier alpha value is -2.50. The molecule has 2 heterocycles. The minimum atomic E-state index is -0.232. The van der Waals surface area contributed by atoms with Crippen molar-refractivity contribution in [3.8, 4) is 0 Å². The third kappa shape index (κ3) is 2.03. The molecule has 0 aliphatic heterocycles. The Balaban J connectivity index is 1.90. The molecule has 0 saturated heterocycles. The summed E-state index contributed by atoms with van der Waals surface area (Å²) in [7, 11) is 0. The molecule has 6 heteroatoms. The number of nitrogens with one attached hydrogen (secondary N) is 1. The fraction of sp³-hybridized carbons (Fsp3) is 0.312. The van der Waals surface area contributed by atoms with Gasteiger partial charge in [0.2, 0.25) is 0 Å². The predicted molar refractivity (Wildman–Crippen MR) is 82.0 cm³/mol. The number of aryl methyl sites for hydroxylation is 3. The average molecular weight is 297 g/mol. The van der Waals surface area contributed by atoms with E-state index in [-0.39, 0.29) is 5.82 Å². The predicted octanol–water partition coefficient (Wildman–Crippen LogP) is 3.11. The van der Waals surface area contributed by atoms with Gasteiger partial charge in [0.05, 0.1) is 5.69 Å². The van der Waals surface area contributed by atoms with Crippen LogP contribution in [0.1, 0.15) is 29.1 Å². The summed E-state index contributed by atoms with van der Waals surface area (Å²) in [4.78, 5) is 8.97. The SMILES string of the molecule is Cc1nc2nc3c(c(Nc4ccc(F)cc4C)n2n1)CCC3. The maximum atomic E-state index is 13.3. The smallest absolute Gasteiger partial charge is 0.254 e. The van der Waals surface area contributed by atoms with Gasteiger partial charge in [-0.1, -0.05) is 0 Å². The van der Waals surface area contributed by atoms with Crippen LogP contribution in [-0.4, -0.2) is 19.6 Å².